The predicted octanol–water partition coefficient (Wildman–Crippen LogP) is 4.39. The van der Waals surface area contributed by atoms with Gasteiger partial charge in [0.1, 0.15) is 5.82 Å². The van der Waals surface area contributed by atoms with E-state index < -0.39 is 0 Å². The first-order chi connectivity index (χ1) is 11.4. The largest absolute Gasteiger partial charge is 0.365 e. The smallest absolute Gasteiger partial charge is 0.225 e. The first kappa shape index (κ1) is 14.2. The fraction of sp³-hybridized carbons (Fsp3) is 0.222. The molecule has 2 heterocycles. The second-order valence-electron chi connectivity index (χ2n) is 5.68. The number of aromatic nitrogens is 2. The third kappa shape index (κ3) is 3.68. The first-order valence-electron chi connectivity index (χ1n) is 7.84. The molecule has 1 saturated carbocycles. The van der Waals surface area contributed by atoms with Crippen molar-refractivity contribution >= 4 is 23.1 Å². The maximum absolute atomic E-state index is 4.67. The number of thiophene rings is 1. The molecule has 3 aromatic rings. The van der Waals surface area contributed by atoms with Crippen molar-refractivity contribution in [3.63, 3.8) is 0 Å². The Morgan fingerprint density at radius 1 is 1.04 bits per heavy atom. The van der Waals surface area contributed by atoms with Crippen molar-refractivity contribution in [1.82, 2.24) is 9.97 Å². The molecule has 4 rings (SSSR count). The van der Waals surface area contributed by atoms with Gasteiger partial charge in [-0.25, -0.2) is 4.98 Å². The molecule has 1 aromatic carbocycles. The Morgan fingerprint density at radius 3 is 2.65 bits per heavy atom. The van der Waals surface area contributed by atoms with E-state index in [-0.39, 0.29) is 0 Å². The molecule has 2 aromatic heterocycles. The van der Waals surface area contributed by atoms with E-state index in [1.807, 2.05) is 24.3 Å². The lowest BCUT2D eigenvalue weighted by Crippen LogP contribution is -2.09. The van der Waals surface area contributed by atoms with Crippen LogP contribution in [0.5, 0.6) is 0 Å². The number of anilines is 2. The number of hydrogen-bond donors (Lipinski definition) is 2. The third-order valence-corrected chi connectivity index (χ3v) is 4.61. The van der Waals surface area contributed by atoms with Crippen LogP contribution < -0.4 is 10.6 Å². The lowest BCUT2D eigenvalue weighted by Gasteiger charge is -2.10. The highest BCUT2D eigenvalue weighted by Gasteiger charge is 2.22. The minimum absolute atomic E-state index is 0.533. The van der Waals surface area contributed by atoms with Gasteiger partial charge in [-0.15, -0.1) is 11.3 Å². The molecule has 23 heavy (non-hydrogen) atoms. The molecule has 116 valence electrons. The first-order valence-corrected chi connectivity index (χ1v) is 8.72. The molecule has 0 spiro atoms. The van der Waals surface area contributed by atoms with Crippen LogP contribution in [0.15, 0.2) is 53.9 Å². The third-order valence-electron chi connectivity index (χ3n) is 3.73. The highest BCUT2D eigenvalue weighted by molar-refractivity contribution is 7.09. The number of benzene rings is 1. The highest BCUT2D eigenvalue weighted by atomic mass is 32.1. The lowest BCUT2D eigenvalue weighted by molar-refractivity contribution is 1.04. The number of rotatable bonds is 6. The summed E-state index contributed by atoms with van der Waals surface area (Å²) in [6, 6.07) is 17.0. The summed E-state index contributed by atoms with van der Waals surface area (Å²) < 4.78 is 0. The summed E-state index contributed by atoms with van der Waals surface area (Å²) in [5, 5.41) is 8.90. The second-order valence-corrected chi connectivity index (χ2v) is 6.71. The number of nitrogens with one attached hydrogen (secondary N) is 2. The lowest BCUT2D eigenvalue weighted by atomic mass is 10.1. The average molecular weight is 322 g/mol. The van der Waals surface area contributed by atoms with Crippen molar-refractivity contribution in [3.05, 3.63) is 58.8 Å². The summed E-state index contributed by atoms with van der Waals surface area (Å²) in [4.78, 5) is 10.6. The van der Waals surface area contributed by atoms with E-state index in [1.54, 1.807) is 11.3 Å². The van der Waals surface area contributed by atoms with E-state index in [4.69, 9.17) is 0 Å². The molecule has 1 aliphatic rings. The average Bonchev–Trinajstić information content (AvgIpc) is 3.25. The quantitative estimate of drug-likeness (QED) is 0.706. The Morgan fingerprint density at radius 2 is 1.91 bits per heavy atom. The zero-order valence-electron chi connectivity index (χ0n) is 12.7. The van der Waals surface area contributed by atoms with Gasteiger partial charge in [0, 0.05) is 22.5 Å². The van der Waals surface area contributed by atoms with Crippen LogP contribution in [0.1, 0.15) is 17.7 Å². The van der Waals surface area contributed by atoms with Crippen LogP contribution in [0.4, 0.5) is 11.8 Å². The maximum Gasteiger partial charge on any atom is 0.225 e. The zero-order valence-corrected chi connectivity index (χ0v) is 13.5. The number of nitrogens with zero attached hydrogens (tertiary/aromatic N) is 2. The van der Waals surface area contributed by atoms with Gasteiger partial charge in [0.15, 0.2) is 0 Å². The molecule has 1 aliphatic carbocycles. The van der Waals surface area contributed by atoms with Crippen molar-refractivity contribution in [2.75, 3.05) is 10.6 Å². The summed E-state index contributed by atoms with van der Waals surface area (Å²) in [5.41, 5.74) is 2.05. The molecule has 0 unspecified atom stereocenters. The molecule has 0 saturated heterocycles. The SMILES string of the molecule is c1ccc(-c2cc(NCc3cccs3)nc(NC3CC3)n2)cc1. The van der Waals surface area contributed by atoms with E-state index in [2.05, 4.69) is 50.2 Å². The summed E-state index contributed by atoms with van der Waals surface area (Å²) in [6.45, 7) is 0.784. The number of hydrogen-bond acceptors (Lipinski definition) is 5. The highest BCUT2D eigenvalue weighted by Crippen LogP contribution is 2.26. The molecule has 1 fully saturated rings. The van der Waals surface area contributed by atoms with Gasteiger partial charge in [-0.3, -0.25) is 0 Å². The Hall–Kier alpha value is -2.40. The van der Waals surface area contributed by atoms with E-state index >= 15 is 0 Å². The minimum atomic E-state index is 0.533. The fourth-order valence-corrected chi connectivity index (χ4v) is 3.00. The molecular weight excluding hydrogens is 304 g/mol. The van der Waals surface area contributed by atoms with Crippen molar-refractivity contribution in [3.8, 4) is 11.3 Å². The molecule has 4 nitrogen and oxygen atoms in total. The van der Waals surface area contributed by atoms with Crippen LogP contribution in [0.2, 0.25) is 0 Å². The van der Waals surface area contributed by atoms with Crippen LogP contribution in [-0.2, 0) is 6.54 Å². The Labute approximate surface area is 139 Å². The monoisotopic (exact) mass is 322 g/mol. The van der Waals surface area contributed by atoms with Crippen LogP contribution in [0.25, 0.3) is 11.3 Å². The molecule has 2 N–H and O–H groups in total. The van der Waals surface area contributed by atoms with Crippen molar-refractivity contribution in [1.29, 1.82) is 0 Å². The molecule has 0 aliphatic heterocycles. The van der Waals surface area contributed by atoms with Gasteiger partial charge in [-0.05, 0) is 24.3 Å². The van der Waals surface area contributed by atoms with E-state index in [0.29, 0.717) is 12.0 Å². The van der Waals surface area contributed by atoms with Crippen LogP contribution in [0, 0.1) is 0 Å². The maximum atomic E-state index is 4.67. The zero-order chi connectivity index (χ0) is 15.5. The summed E-state index contributed by atoms with van der Waals surface area (Å²) in [5.74, 6) is 1.57. The van der Waals surface area contributed by atoms with Gasteiger partial charge in [-0.1, -0.05) is 36.4 Å². The van der Waals surface area contributed by atoms with Crippen molar-refractivity contribution in [2.24, 2.45) is 0 Å². The van der Waals surface area contributed by atoms with Crippen molar-refractivity contribution < 1.29 is 0 Å². The Balaban J connectivity index is 1.61. The molecule has 0 amide bonds. The van der Waals surface area contributed by atoms with Crippen LogP contribution in [0.3, 0.4) is 0 Å². The Bertz CT molecular complexity index is 767. The normalized spacial score (nSPS) is 13.7. The van der Waals surface area contributed by atoms with Gasteiger partial charge in [0.2, 0.25) is 5.95 Å². The van der Waals surface area contributed by atoms with E-state index in [0.717, 1.165) is 23.6 Å². The minimum Gasteiger partial charge on any atom is -0.365 e. The summed E-state index contributed by atoms with van der Waals surface area (Å²) in [7, 11) is 0. The van der Waals surface area contributed by atoms with Gasteiger partial charge < -0.3 is 10.6 Å². The fourth-order valence-electron chi connectivity index (χ4n) is 2.36. The summed E-state index contributed by atoms with van der Waals surface area (Å²) >= 11 is 1.75. The van der Waals surface area contributed by atoms with Gasteiger partial charge >= 0.3 is 0 Å². The molecule has 0 atom stereocenters. The van der Waals surface area contributed by atoms with Gasteiger partial charge in [-0.2, -0.15) is 4.98 Å². The second kappa shape index (κ2) is 6.38. The van der Waals surface area contributed by atoms with E-state index in [1.165, 1.54) is 17.7 Å². The molecule has 5 heteroatoms. The summed E-state index contributed by atoms with van der Waals surface area (Å²) in [6.07, 6.45) is 2.41. The molecule has 0 bridgehead atoms. The molecular formula is C18H18N4S. The van der Waals surface area contributed by atoms with Gasteiger partial charge in [0.05, 0.1) is 12.2 Å². The topological polar surface area (TPSA) is 49.8 Å². The van der Waals surface area contributed by atoms with Gasteiger partial charge in [0.25, 0.3) is 0 Å². The standard InChI is InChI=1S/C18H18N4S/c1-2-5-13(6-3-1)16-11-17(19-12-15-7-4-10-23-15)22-18(21-16)20-14-8-9-14/h1-7,10-11,14H,8-9,12H2,(H2,19,20,21,22). The Kier molecular flexibility index (Phi) is 3.94. The van der Waals surface area contributed by atoms with Crippen molar-refractivity contribution in [2.45, 2.75) is 25.4 Å². The molecule has 0 radical (unpaired) electrons. The van der Waals surface area contributed by atoms with E-state index in [9.17, 15) is 0 Å². The predicted molar refractivity (Wildman–Crippen MR) is 95.8 cm³/mol. The van der Waals surface area contributed by atoms with Crippen LogP contribution >= 0.6 is 11.3 Å². The van der Waals surface area contributed by atoms with Crippen LogP contribution in [-0.4, -0.2) is 16.0 Å².